The Hall–Kier alpha value is -10.2. The predicted octanol–water partition coefficient (Wildman–Crippen LogP) is 23.0. The first-order valence-corrected chi connectivity index (χ1v) is 31.1. The molecule has 16 aromatic rings. The molecule has 0 saturated carbocycles. The molecule has 13 aromatic carbocycles. The summed E-state index contributed by atoms with van der Waals surface area (Å²) < 4.78 is 7.36. The molecule has 0 aliphatic rings. The Morgan fingerprint density at radius 3 is 0.897 bits per heavy atom. The molecule has 87 heavy (non-hydrogen) atoms. The van der Waals surface area contributed by atoms with Gasteiger partial charge in [0, 0.05) is 49.4 Å². The van der Waals surface area contributed by atoms with E-state index in [1.165, 1.54) is 159 Å². The fourth-order valence-electron chi connectivity index (χ4n) is 14.5. The Morgan fingerprint density at radius 2 is 0.529 bits per heavy atom. The third-order valence-electron chi connectivity index (χ3n) is 18.3. The summed E-state index contributed by atoms with van der Waals surface area (Å²) in [6, 6.07) is 98.6. The molecule has 3 nitrogen and oxygen atoms in total. The third kappa shape index (κ3) is 8.86. The van der Waals surface area contributed by atoms with Crippen LogP contribution in [-0.4, -0.2) is 13.7 Å². The lowest BCUT2D eigenvalue weighted by Crippen LogP contribution is -1.96. The van der Waals surface area contributed by atoms with Gasteiger partial charge in [-0.2, -0.15) is 0 Å². The van der Waals surface area contributed by atoms with Crippen LogP contribution in [0.5, 0.6) is 0 Å². The Balaban J connectivity index is 0.824. The van der Waals surface area contributed by atoms with Crippen LogP contribution in [0, 0.1) is 25.7 Å². The zero-order valence-electron chi connectivity index (χ0n) is 50.2. The maximum atomic E-state index is 2.47. The average molecular weight is 1120 g/mol. The van der Waals surface area contributed by atoms with Crippen LogP contribution in [0.3, 0.4) is 0 Å². The number of rotatable bonds is 11. The summed E-state index contributed by atoms with van der Waals surface area (Å²) >= 11 is 0. The van der Waals surface area contributed by atoms with Crippen molar-refractivity contribution in [2.45, 2.75) is 54.4 Å². The van der Waals surface area contributed by atoms with Gasteiger partial charge < -0.3 is 13.7 Å². The quantitative estimate of drug-likeness (QED) is 0.115. The van der Waals surface area contributed by atoms with Gasteiger partial charge in [-0.05, 0) is 225 Å². The highest BCUT2D eigenvalue weighted by atomic mass is 15.0. The Kier molecular flexibility index (Phi) is 12.5. The van der Waals surface area contributed by atoms with Crippen molar-refractivity contribution in [3.05, 3.63) is 283 Å². The molecule has 16 rings (SSSR count). The summed E-state index contributed by atoms with van der Waals surface area (Å²) in [7, 11) is 0. The molecule has 3 heterocycles. The van der Waals surface area contributed by atoms with Crippen molar-refractivity contribution >= 4 is 87.0 Å². The summed E-state index contributed by atoms with van der Waals surface area (Å²) in [6.45, 7) is 13.6. The molecule has 0 amide bonds. The monoisotopic (exact) mass is 1120 g/mol. The van der Waals surface area contributed by atoms with E-state index in [1.54, 1.807) is 0 Å². The molecule has 0 aliphatic heterocycles. The lowest BCUT2D eigenvalue weighted by atomic mass is 9.86. The Morgan fingerprint density at radius 1 is 0.241 bits per heavy atom. The van der Waals surface area contributed by atoms with Gasteiger partial charge in [-0.3, -0.25) is 0 Å². The van der Waals surface area contributed by atoms with Crippen molar-refractivity contribution in [2.24, 2.45) is 11.8 Å². The summed E-state index contributed by atoms with van der Waals surface area (Å²) in [6.07, 6.45) is 2.13. The highest BCUT2D eigenvalue weighted by molar-refractivity contribution is 6.22. The molecule has 0 radical (unpaired) electrons. The SMILES string of the molecule is Cc1ccc2c(c1)c1cc(C)ccc1n2-c1ccc(-c2ccc3c(c2)c2cc(-c4ccc(-n5c6ccc(CC(C)C)cc6c6cc(CC(C)C)ccc65)cc4)ccc2n3-c2ccc(-c3c4ccccc4c(-c4ccccc4)c4ccccc34)cc2)cc1. The van der Waals surface area contributed by atoms with Gasteiger partial charge in [-0.1, -0.05) is 190 Å². The van der Waals surface area contributed by atoms with E-state index in [9.17, 15) is 0 Å². The van der Waals surface area contributed by atoms with Crippen molar-refractivity contribution < 1.29 is 0 Å². The summed E-state index contributed by atoms with van der Waals surface area (Å²) in [5, 5.41) is 12.7. The van der Waals surface area contributed by atoms with E-state index >= 15 is 0 Å². The van der Waals surface area contributed by atoms with Crippen molar-refractivity contribution in [2.75, 3.05) is 0 Å². The van der Waals surface area contributed by atoms with E-state index in [0.717, 1.165) is 24.2 Å². The third-order valence-corrected chi connectivity index (χ3v) is 18.3. The van der Waals surface area contributed by atoms with Crippen LogP contribution in [0.25, 0.3) is 149 Å². The number of aromatic nitrogens is 3. The van der Waals surface area contributed by atoms with Gasteiger partial charge in [0.2, 0.25) is 0 Å². The normalized spacial score (nSPS) is 12.1. The van der Waals surface area contributed by atoms with E-state index < -0.39 is 0 Å². The molecule has 0 spiro atoms. The maximum absolute atomic E-state index is 2.47. The van der Waals surface area contributed by atoms with Gasteiger partial charge in [-0.25, -0.2) is 0 Å². The van der Waals surface area contributed by atoms with E-state index in [-0.39, 0.29) is 0 Å². The fourth-order valence-corrected chi connectivity index (χ4v) is 14.5. The second-order valence-electron chi connectivity index (χ2n) is 25.3. The number of hydrogen-bond acceptors (Lipinski definition) is 0. The van der Waals surface area contributed by atoms with E-state index in [4.69, 9.17) is 0 Å². The highest BCUT2D eigenvalue weighted by Crippen LogP contribution is 2.45. The zero-order chi connectivity index (χ0) is 58.6. The minimum atomic E-state index is 0.590. The standard InChI is InChI=1S/C84H67N3/c1-52(2)44-56-22-40-79-73(48-56)74-49-57(45-53(3)4)23-41-80(74)86(79)65-34-26-59(27-35-65)63-31-43-82-76(51-63)75-50-62(58-24-32-64(33-25-58)85-77-38-20-54(5)46-71(77)72-47-55(6)21-39-78(72)85)30-42-81(75)87(82)66-36-28-61(29-37-66)84-69-18-12-10-16-67(69)83(60-14-8-7-9-15-60)68-17-11-13-19-70(68)84/h7-43,46-53H,44-45H2,1-6H3. The van der Waals surface area contributed by atoms with Gasteiger partial charge in [0.05, 0.1) is 33.1 Å². The van der Waals surface area contributed by atoms with Crippen molar-refractivity contribution in [1.82, 2.24) is 13.7 Å². The minimum absolute atomic E-state index is 0.590. The Labute approximate surface area is 508 Å². The summed E-state index contributed by atoms with van der Waals surface area (Å²) in [5.74, 6) is 1.18. The van der Waals surface area contributed by atoms with Crippen molar-refractivity contribution in [1.29, 1.82) is 0 Å². The molecule has 3 aromatic heterocycles. The first-order valence-electron chi connectivity index (χ1n) is 31.1. The molecule has 0 fully saturated rings. The fraction of sp³-hybridized carbons (Fsp3) is 0.119. The largest absolute Gasteiger partial charge is 0.309 e. The van der Waals surface area contributed by atoms with Crippen molar-refractivity contribution in [3.63, 3.8) is 0 Å². The molecular formula is C84H67N3. The smallest absolute Gasteiger partial charge is 0.0541 e. The van der Waals surface area contributed by atoms with Crippen LogP contribution in [-0.2, 0) is 12.8 Å². The van der Waals surface area contributed by atoms with Crippen LogP contribution in [0.2, 0.25) is 0 Å². The molecule has 0 atom stereocenters. The van der Waals surface area contributed by atoms with E-state index in [2.05, 4.69) is 316 Å². The number of nitrogens with zero attached hydrogens (tertiary/aromatic N) is 3. The number of benzene rings is 13. The maximum Gasteiger partial charge on any atom is 0.0541 e. The van der Waals surface area contributed by atoms with E-state index in [1.807, 2.05) is 0 Å². The van der Waals surface area contributed by atoms with E-state index in [0.29, 0.717) is 11.8 Å². The number of hydrogen-bond donors (Lipinski definition) is 0. The summed E-state index contributed by atoms with van der Waals surface area (Å²) in [5.41, 5.74) is 25.8. The van der Waals surface area contributed by atoms with Gasteiger partial charge in [0.1, 0.15) is 0 Å². The molecule has 418 valence electrons. The van der Waals surface area contributed by atoms with Crippen LogP contribution in [0.1, 0.15) is 49.9 Å². The van der Waals surface area contributed by atoms with Gasteiger partial charge in [0.15, 0.2) is 0 Å². The first kappa shape index (κ1) is 52.3. The number of fused-ring (bicyclic) bond motifs is 11. The predicted molar refractivity (Wildman–Crippen MR) is 373 cm³/mol. The molecule has 0 saturated heterocycles. The first-order chi connectivity index (χ1) is 42.6. The van der Waals surface area contributed by atoms with Gasteiger partial charge in [0.25, 0.3) is 0 Å². The van der Waals surface area contributed by atoms with Gasteiger partial charge >= 0.3 is 0 Å². The molecule has 0 aliphatic carbocycles. The van der Waals surface area contributed by atoms with Crippen molar-refractivity contribution in [3.8, 4) is 61.6 Å². The number of aryl methyl sites for hydroxylation is 2. The minimum Gasteiger partial charge on any atom is -0.309 e. The van der Waals surface area contributed by atoms with Crippen LogP contribution in [0.4, 0.5) is 0 Å². The molecule has 0 bridgehead atoms. The van der Waals surface area contributed by atoms with Gasteiger partial charge in [-0.15, -0.1) is 0 Å². The molecule has 0 unspecified atom stereocenters. The second-order valence-corrected chi connectivity index (χ2v) is 25.3. The lowest BCUT2D eigenvalue weighted by molar-refractivity contribution is 0.647. The second kappa shape index (κ2) is 20.8. The lowest BCUT2D eigenvalue weighted by Gasteiger charge is -2.18. The van der Waals surface area contributed by atoms with Crippen LogP contribution in [0.15, 0.2) is 261 Å². The Bertz CT molecular complexity index is 5190. The molecule has 0 N–H and O–H groups in total. The molecule has 3 heteroatoms. The van der Waals surface area contributed by atoms with Crippen LogP contribution >= 0.6 is 0 Å². The molecular weight excluding hydrogens is 1050 g/mol. The zero-order valence-corrected chi connectivity index (χ0v) is 50.2. The summed E-state index contributed by atoms with van der Waals surface area (Å²) in [4.78, 5) is 0. The average Bonchev–Trinajstić information content (AvgIpc) is 1.83. The highest BCUT2D eigenvalue weighted by Gasteiger charge is 2.21. The van der Waals surface area contributed by atoms with Crippen LogP contribution < -0.4 is 0 Å². The topological polar surface area (TPSA) is 14.8 Å².